The number of hydrogen-bond acceptors (Lipinski definition) is 3. The summed E-state index contributed by atoms with van der Waals surface area (Å²) < 4.78 is 35.4. The number of carbonyl (C=O) groups excluding carboxylic acids is 1. The molecule has 0 spiro atoms. The Morgan fingerprint density at radius 1 is 0.862 bits per heavy atom. The van der Waals surface area contributed by atoms with Gasteiger partial charge in [-0.05, 0) is 16.7 Å². The zero-order valence-electron chi connectivity index (χ0n) is 19.3. The standard InChI is InChI=1S/C26H26O3/c1-19-20(2)25(27)29-24(19)18-28-26(21-12-6-3-7-13-21,22-14-8-4-9-15-22)23-16-10-5-11-17-23/h3-17,19-20,24H,18H2,1-2H3/t19-,20-,24+/m0/s1/i2D3. The van der Waals surface area contributed by atoms with Crippen molar-refractivity contribution >= 4 is 5.97 Å². The molecule has 1 aliphatic heterocycles. The van der Waals surface area contributed by atoms with Gasteiger partial charge < -0.3 is 9.47 Å². The van der Waals surface area contributed by atoms with Gasteiger partial charge in [-0.25, -0.2) is 0 Å². The number of cyclic esters (lactones) is 1. The first-order chi connectivity index (χ1) is 15.3. The van der Waals surface area contributed by atoms with Crippen LogP contribution in [0.5, 0.6) is 0 Å². The summed E-state index contributed by atoms with van der Waals surface area (Å²) in [6, 6.07) is 29.7. The van der Waals surface area contributed by atoms with Crippen LogP contribution in [0.25, 0.3) is 0 Å². The molecule has 3 aromatic rings. The van der Waals surface area contributed by atoms with Crippen molar-refractivity contribution in [3.63, 3.8) is 0 Å². The topological polar surface area (TPSA) is 35.5 Å². The average molecular weight is 390 g/mol. The maximum atomic E-state index is 12.3. The minimum Gasteiger partial charge on any atom is -0.459 e. The second kappa shape index (κ2) is 8.22. The van der Waals surface area contributed by atoms with Crippen LogP contribution in [0.3, 0.4) is 0 Å². The Balaban J connectivity index is 1.77. The molecule has 0 bridgehead atoms. The molecule has 0 aliphatic carbocycles. The van der Waals surface area contributed by atoms with Crippen LogP contribution in [0.1, 0.15) is 34.6 Å². The number of rotatable bonds is 6. The molecule has 1 heterocycles. The Morgan fingerprint density at radius 3 is 1.69 bits per heavy atom. The smallest absolute Gasteiger partial charge is 0.309 e. The number of ether oxygens (including phenoxy) is 2. The molecule has 3 aromatic carbocycles. The molecule has 4 rings (SSSR count). The van der Waals surface area contributed by atoms with Gasteiger partial charge in [-0.1, -0.05) is 105 Å². The molecule has 0 unspecified atom stereocenters. The van der Waals surface area contributed by atoms with Crippen LogP contribution in [0, 0.1) is 11.8 Å². The highest BCUT2D eigenvalue weighted by Gasteiger charge is 2.43. The number of carbonyl (C=O) groups is 1. The van der Waals surface area contributed by atoms with E-state index < -0.39 is 36.4 Å². The van der Waals surface area contributed by atoms with E-state index in [0.29, 0.717) is 0 Å². The van der Waals surface area contributed by atoms with E-state index in [2.05, 4.69) is 0 Å². The second-order valence-corrected chi connectivity index (χ2v) is 7.40. The predicted octanol–water partition coefficient (Wildman–Crippen LogP) is 5.19. The summed E-state index contributed by atoms with van der Waals surface area (Å²) in [4.78, 5) is 12.3. The molecule has 1 saturated heterocycles. The third kappa shape index (κ3) is 3.58. The molecule has 1 aliphatic rings. The zero-order chi connectivity index (χ0) is 22.8. The van der Waals surface area contributed by atoms with Crippen LogP contribution in [-0.2, 0) is 19.9 Å². The van der Waals surface area contributed by atoms with Crippen LogP contribution < -0.4 is 0 Å². The molecule has 0 amide bonds. The van der Waals surface area contributed by atoms with E-state index in [9.17, 15) is 4.79 Å². The fourth-order valence-corrected chi connectivity index (χ4v) is 3.92. The Hall–Kier alpha value is -2.91. The van der Waals surface area contributed by atoms with Crippen LogP contribution in [0.2, 0.25) is 0 Å². The van der Waals surface area contributed by atoms with Gasteiger partial charge in [0.15, 0.2) is 0 Å². The van der Waals surface area contributed by atoms with E-state index in [1.165, 1.54) is 0 Å². The van der Waals surface area contributed by atoms with Crippen LogP contribution in [0.4, 0.5) is 0 Å². The van der Waals surface area contributed by atoms with Crippen molar-refractivity contribution in [3.8, 4) is 0 Å². The lowest BCUT2D eigenvalue weighted by molar-refractivity contribution is -0.147. The van der Waals surface area contributed by atoms with E-state index in [0.717, 1.165) is 16.7 Å². The fraction of sp³-hybridized carbons (Fsp3) is 0.269. The first kappa shape index (κ1) is 15.9. The van der Waals surface area contributed by atoms with E-state index in [1.54, 1.807) is 6.92 Å². The minimum atomic E-state index is -2.40. The van der Waals surface area contributed by atoms with Crippen molar-refractivity contribution in [2.75, 3.05) is 6.61 Å². The van der Waals surface area contributed by atoms with Gasteiger partial charge in [-0.2, -0.15) is 0 Å². The Morgan fingerprint density at radius 2 is 1.31 bits per heavy atom. The lowest BCUT2D eigenvalue weighted by Crippen LogP contribution is -2.36. The van der Waals surface area contributed by atoms with E-state index in [1.807, 2.05) is 91.0 Å². The maximum Gasteiger partial charge on any atom is 0.309 e. The molecule has 3 nitrogen and oxygen atoms in total. The van der Waals surface area contributed by atoms with Crippen molar-refractivity contribution in [2.45, 2.75) is 25.5 Å². The van der Waals surface area contributed by atoms with Crippen molar-refractivity contribution in [3.05, 3.63) is 108 Å². The van der Waals surface area contributed by atoms with Crippen LogP contribution in [0.15, 0.2) is 91.0 Å². The molecular formula is C26H26O3. The van der Waals surface area contributed by atoms with Gasteiger partial charge in [-0.15, -0.1) is 0 Å². The number of benzene rings is 3. The molecule has 3 atom stereocenters. The van der Waals surface area contributed by atoms with Gasteiger partial charge >= 0.3 is 5.97 Å². The Kier molecular flexibility index (Phi) is 4.52. The highest BCUT2D eigenvalue weighted by molar-refractivity contribution is 5.74. The van der Waals surface area contributed by atoms with Gasteiger partial charge in [0.25, 0.3) is 0 Å². The first-order valence-corrected chi connectivity index (χ1v) is 9.85. The van der Waals surface area contributed by atoms with E-state index in [-0.39, 0.29) is 6.61 Å². The SMILES string of the molecule is [2H]C([2H])([2H])[C@@H]1C(=O)O[C@H](COC(c2ccccc2)(c2ccccc2)c2ccccc2)[C@H]1C. The monoisotopic (exact) mass is 389 g/mol. The average Bonchev–Trinajstić information content (AvgIpc) is 3.10. The third-order valence-electron chi connectivity index (χ3n) is 5.64. The third-order valence-corrected chi connectivity index (χ3v) is 5.64. The van der Waals surface area contributed by atoms with Gasteiger partial charge in [-0.3, -0.25) is 4.79 Å². The van der Waals surface area contributed by atoms with Gasteiger partial charge in [0, 0.05) is 10.0 Å². The summed E-state index contributed by atoms with van der Waals surface area (Å²) >= 11 is 0. The lowest BCUT2D eigenvalue weighted by Gasteiger charge is -2.37. The Bertz CT molecular complexity index is 940. The minimum absolute atomic E-state index is 0.0676. The van der Waals surface area contributed by atoms with Gasteiger partial charge in [0.2, 0.25) is 0 Å². The van der Waals surface area contributed by atoms with Crippen molar-refractivity contribution in [2.24, 2.45) is 11.8 Å². The summed E-state index contributed by atoms with van der Waals surface area (Å²) in [5.74, 6) is -2.32. The molecular weight excluding hydrogens is 360 g/mol. The molecule has 1 fully saturated rings. The summed E-state index contributed by atoms with van der Waals surface area (Å²) in [5, 5.41) is 0. The molecule has 29 heavy (non-hydrogen) atoms. The van der Waals surface area contributed by atoms with E-state index in [4.69, 9.17) is 13.6 Å². The van der Waals surface area contributed by atoms with Gasteiger partial charge in [0.1, 0.15) is 11.7 Å². The number of esters is 1. The summed E-state index contributed by atoms with van der Waals surface area (Å²) in [6.45, 7) is -0.593. The van der Waals surface area contributed by atoms with Crippen LogP contribution in [-0.4, -0.2) is 18.7 Å². The number of hydrogen-bond donors (Lipinski definition) is 0. The highest BCUT2D eigenvalue weighted by atomic mass is 16.6. The second-order valence-electron chi connectivity index (χ2n) is 7.40. The van der Waals surface area contributed by atoms with Crippen molar-refractivity contribution in [1.29, 1.82) is 0 Å². The summed E-state index contributed by atoms with van der Waals surface area (Å²) in [7, 11) is 0. The normalized spacial score (nSPS) is 23.7. The molecule has 148 valence electrons. The first-order valence-electron chi connectivity index (χ1n) is 11.3. The molecule has 0 N–H and O–H groups in total. The van der Waals surface area contributed by atoms with Crippen molar-refractivity contribution < 1.29 is 18.4 Å². The highest BCUT2D eigenvalue weighted by Crippen LogP contribution is 2.41. The maximum absolute atomic E-state index is 12.3. The van der Waals surface area contributed by atoms with Crippen molar-refractivity contribution in [1.82, 2.24) is 0 Å². The molecule has 3 heteroatoms. The molecule has 0 saturated carbocycles. The Labute approximate surface area is 176 Å². The molecule has 0 radical (unpaired) electrons. The summed E-state index contributed by atoms with van der Waals surface area (Å²) in [5.41, 5.74) is 1.85. The predicted molar refractivity (Wildman–Crippen MR) is 113 cm³/mol. The quantitative estimate of drug-likeness (QED) is 0.430. The zero-order valence-corrected chi connectivity index (χ0v) is 16.3. The summed E-state index contributed by atoms with van der Waals surface area (Å²) in [6.07, 6.45) is -0.650. The fourth-order valence-electron chi connectivity index (χ4n) is 3.92. The van der Waals surface area contributed by atoms with E-state index >= 15 is 0 Å². The molecule has 0 aromatic heterocycles. The largest absolute Gasteiger partial charge is 0.459 e. The van der Waals surface area contributed by atoms with Crippen LogP contribution >= 0.6 is 0 Å². The van der Waals surface area contributed by atoms with Gasteiger partial charge in [0.05, 0.1) is 12.5 Å². The lowest BCUT2D eigenvalue weighted by atomic mass is 9.80.